The molecule has 1 unspecified atom stereocenters. The van der Waals surface area contributed by atoms with Crippen LogP contribution in [-0.4, -0.2) is 69.3 Å². The first-order chi connectivity index (χ1) is 16.9. The maximum atomic E-state index is 13.8. The fourth-order valence-electron chi connectivity index (χ4n) is 4.81. The van der Waals surface area contributed by atoms with Crippen molar-refractivity contribution in [2.45, 2.75) is 13.0 Å². The minimum atomic E-state index is -0.626. The molecular formula is C26H27ClN2O6. The van der Waals surface area contributed by atoms with Gasteiger partial charge in [-0.15, -0.1) is 0 Å². The van der Waals surface area contributed by atoms with Crippen molar-refractivity contribution < 1.29 is 23.4 Å². The monoisotopic (exact) mass is 498 g/mol. The van der Waals surface area contributed by atoms with Gasteiger partial charge in [-0.2, -0.15) is 0 Å². The number of morpholine rings is 1. The smallest absolute Gasteiger partial charge is 0.290 e. The largest absolute Gasteiger partial charge is 0.493 e. The molecule has 1 atom stereocenters. The highest BCUT2D eigenvalue weighted by Gasteiger charge is 2.43. The molecule has 2 aromatic carbocycles. The number of aryl methyl sites for hydroxylation is 1. The molecule has 0 saturated carbocycles. The maximum Gasteiger partial charge on any atom is 0.290 e. The Kier molecular flexibility index (Phi) is 6.44. The zero-order valence-electron chi connectivity index (χ0n) is 19.9. The van der Waals surface area contributed by atoms with Crippen molar-refractivity contribution >= 4 is 28.5 Å². The molecule has 3 heterocycles. The number of halogens is 1. The summed E-state index contributed by atoms with van der Waals surface area (Å²) in [5.41, 5.74) is 1.92. The van der Waals surface area contributed by atoms with E-state index in [0.29, 0.717) is 59.4 Å². The molecule has 3 aromatic rings. The fraction of sp³-hybridized carbons (Fsp3) is 0.385. The fourth-order valence-corrected chi connectivity index (χ4v) is 4.98. The molecule has 0 radical (unpaired) electrons. The number of carbonyl (C=O) groups is 1. The predicted octanol–water partition coefficient (Wildman–Crippen LogP) is 3.65. The van der Waals surface area contributed by atoms with E-state index in [0.717, 1.165) is 24.2 Å². The molecule has 0 spiro atoms. The molecule has 9 heteroatoms. The third kappa shape index (κ3) is 4.16. The molecule has 35 heavy (non-hydrogen) atoms. The van der Waals surface area contributed by atoms with Gasteiger partial charge in [0, 0.05) is 31.2 Å². The van der Waals surface area contributed by atoms with E-state index < -0.39 is 6.04 Å². The van der Waals surface area contributed by atoms with Gasteiger partial charge < -0.3 is 23.5 Å². The Hall–Kier alpha value is -3.07. The summed E-state index contributed by atoms with van der Waals surface area (Å²) in [7, 11) is 3.12. The van der Waals surface area contributed by atoms with E-state index in [1.54, 1.807) is 43.4 Å². The first-order valence-electron chi connectivity index (χ1n) is 11.5. The standard InChI is InChI=1S/C26H27ClN2O6/c1-15-12-20-17(14-18(15)27)24(30)22-23(16-4-5-19(32-2)21(13-16)33-3)29(26(31)25(22)35-20)7-6-28-8-10-34-11-9-28/h4-5,12-14,23H,6-11H2,1-3H3. The van der Waals surface area contributed by atoms with E-state index in [4.69, 9.17) is 30.2 Å². The van der Waals surface area contributed by atoms with Crippen LogP contribution in [0, 0.1) is 6.92 Å². The lowest BCUT2D eigenvalue weighted by Crippen LogP contribution is -2.42. The minimum absolute atomic E-state index is 0.0750. The summed E-state index contributed by atoms with van der Waals surface area (Å²) in [5, 5.41) is 0.827. The summed E-state index contributed by atoms with van der Waals surface area (Å²) < 4.78 is 22.4. The van der Waals surface area contributed by atoms with Gasteiger partial charge in [0.15, 0.2) is 16.9 Å². The molecule has 0 aliphatic carbocycles. The van der Waals surface area contributed by atoms with Crippen molar-refractivity contribution in [2.75, 3.05) is 53.6 Å². The van der Waals surface area contributed by atoms with Gasteiger partial charge in [-0.25, -0.2) is 0 Å². The van der Waals surface area contributed by atoms with E-state index in [1.807, 2.05) is 13.0 Å². The highest BCUT2D eigenvalue weighted by atomic mass is 35.5. The van der Waals surface area contributed by atoms with Crippen molar-refractivity contribution in [3.8, 4) is 11.5 Å². The average molecular weight is 499 g/mol. The Bertz CT molecular complexity index is 1350. The predicted molar refractivity (Wildman–Crippen MR) is 132 cm³/mol. The summed E-state index contributed by atoms with van der Waals surface area (Å²) in [6.45, 7) is 5.85. The molecule has 0 N–H and O–H groups in total. The van der Waals surface area contributed by atoms with Gasteiger partial charge in [-0.3, -0.25) is 14.5 Å². The number of methoxy groups -OCH3 is 2. The number of carbonyl (C=O) groups excluding carboxylic acids is 1. The number of nitrogens with zero attached hydrogens (tertiary/aromatic N) is 2. The van der Waals surface area contributed by atoms with Crippen LogP contribution in [0.25, 0.3) is 11.0 Å². The van der Waals surface area contributed by atoms with E-state index in [9.17, 15) is 9.59 Å². The first kappa shape index (κ1) is 23.7. The quantitative estimate of drug-likeness (QED) is 0.513. The van der Waals surface area contributed by atoms with Gasteiger partial charge in [-0.05, 0) is 42.3 Å². The molecule has 5 rings (SSSR count). The second-order valence-corrected chi connectivity index (χ2v) is 9.15. The Morgan fingerprint density at radius 2 is 1.77 bits per heavy atom. The van der Waals surface area contributed by atoms with Gasteiger partial charge in [-0.1, -0.05) is 17.7 Å². The second kappa shape index (κ2) is 9.53. The van der Waals surface area contributed by atoms with Gasteiger partial charge in [0.1, 0.15) is 5.58 Å². The van der Waals surface area contributed by atoms with Crippen LogP contribution in [-0.2, 0) is 4.74 Å². The number of fused-ring (bicyclic) bond motifs is 2. The van der Waals surface area contributed by atoms with Crippen LogP contribution in [0.4, 0.5) is 0 Å². The molecule has 1 saturated heterocycles. The van der Waals surface area contributed by atoms with Crippen LogP contribution in [0.2, 0.25) is 5.02 Å². The van der Waals surface area contributed by atoms with Crippen LogP contribution >= 0.6 is 11.6 Å². The number of amides is 1. The normalized spacial score (nSPS) is 18.2. The van der Waals surface area contributed by atoms with Crippen LogP contribution in [0.3, 0.4) is 0 Å². The van der Waals surface area contributed by atoms with Crippen LogP contribution in [0.1, 0.15) is 33.3 Å². The highest BCUT2D eigenvalue weighted by molar-refractivity contribution is 6.32. The van der Waals surface area contributed by atoms with E-state index in [2.05, 4.69) is 4.90 Å². The summed E-state index contributed by atoms with van der Waals surface area (Å²) in [6, 6.07) is 8.12. The molecule has 1 amide bonds. The number of hydrogen-bond donors (Lipinski definition) is 0. The molecular weight excluding hydrogens is 472 g/mol. The maximum absolute atomic E-state index is 13.8. The van der Waals surface area contributed by atoms with Crippen molar-refractivity contribution in [3.05, 3.63) is 68.0 Å². The van der Waals surface area contributed by atoms with Gasteiger partial charge in [0.05, 0.1) is 44.4 Å². The molecule has 1 fully saturated rings. The lowest BCUT2D eigenvalue weighted by Gasteiger charge is -2.31. The van der Waals surface area contributed by atoms with E-state index >= 15 is 0 Å². The van der Waals surface area contributed by atoms with E-state index in [-0.39, 0.29) is 17.1 Å². The van der Waals surface area contributed by atoms with Crippen LogP contribution < -0.4 is 14.9 Å². The highest BCUT2D eigenvalue weighted by Crippen LogP contribution is 2.41. The zero-order valence-corrected chi connectivity index (χ0v) is 20.7. The van der Waals surface area contributed by atoms with Gasteiger partial charge in [0.2, 0.25) is 5.76 Å². The van der Waals surface area contributed by atoms with Crippen molar-refractivity contribution in [1.82, 2.24) is 9.80 Å². The Balaban J connectivity index is 1.64. The summed E-state index contributed by atoms with van der Waals surface area (Å²) in [6.07, 6.45) is 0. The van der Waals surface area contributed by atoms with E-state index in [1.165, 1.54) is 0 Å². The first-order valence-corrected chi connectivity index (χ1v) is 11.9. The lowest BCUT2D eigenvalue weighted by atomic mass is 9.97. The average Bonchev–Trinajstić information content (AvgIpc) is 3.15. The topological polar surface area (TPSA) is 81.5 Å². The third-order valence-electron chi connectivity index (χ3n) is 6.73. The molecule has 184 valence electrons. The van der Waals surface area contributed by atoms with Crippen LogP contribution in [0.15, 0.2) is 39.5 Å². The minimum Gasteiger partial charge on any atom is -0.493 e. The zero-order chi connectivity index (χ0) is 24.7. The number of rotatable bonds is 6. The molecule has 0 bridgehead atoms. The Morgan fingerprint density at radius 1 is 1.03 bits per heavy atom. The third-order valence-corrected chi connectivity index (χ3v) is 7.14. The SMILES string of the molecule is COc1ccc(C2c3c(oc4cc(C)c(Cl)cc4c3=O)C(=O)N2CCN2CCOCC2)cc1OC. The Morgan fingerprint density at radius 3 is 2.49 bits per heavy atom. The molecule has 2 aliphatic heterocycles. The summed E-state index contributed by atoms with van der Waals surface area (Å²) >= 11 is 6.33. The molecule has 1 aromatic heterocycles. The Labute approximate surface area is 207 Å². The van der Waals surface area contributed by atoms with Crippen molar-refractivity contribution in [3.63, 3.8) is 0 Å². The van der Waals surface area contributed by atoms with Crippen molar-refractivity contribution in [1.29, 1.82) is 0 Å². The molecule has 8 nitrogen and oxygen atoms in total. The second-order valence-electron chi connectivity index (χ2n) is 8.74. The summed E-state index contributed by atoms with van der Waals surface area (Å²) in [4.78, 5) is 31.4. The number of hydrogen-bond acceptors (Lipinski definition) is 7. The summed E-state index contributed by atoms with van der Waals surface area (Å²) in [5.74, 6) is 0.849. The van der Waals surface area contributed by atoms with Crippen molar-refractivity contribution in [2.24, 2.45) is 0 Å². The number of ether oxygens (including phenoxy) is 3. The number of benzene rings is 2. The van der Waals surface area contributed by atoms with Gasteiger partial charge >= 0.3 is 0 Å². The van der Waals surface area contributed by atoms with Gasteiger partial charge in [0.25, 0.3) is 5.91 Å². The van der Waals surface area contributed by atoms with Crippen LogP contribution in [0.5, 0.6) is 11.5 Å². The lowest BCUT2D eigenvalue weighted by molar-refractivity contribution is 0.0314. The molecule has 2 aliphatic rings.